The minimum absolute atomic E-state index is 0.336. The van der Waals surface area contributed by atoms with Crippen LogP contribution in [0.1, 0.15) is 39.0 Å². The smallest absolute Gasteiger partial charge is 0.263 e. The number of aliphatic hydroxyl groups is 1. The number of hydrogen-bond donors (Lipinski definition) is 1. The average Bonchev–Trinajstić information content (AvgIpc) is 2.55. The Hall–Kier alpha value is -1.15. The third-order valence-corrected chi connectivity index (χ3v) is 7.79. The molecule has 1 fully saturated rings. The number of benzene rings is 2. The fourth-order valence-corrected chi connectivity index (χ4v) is 6.37. The van der Waals surface area contributed by atoms with Crippen LogP contribution in [0.4, 0.5) is 0 Å². The molecule has 0 heterocycles. The second kappa shape index (κ2) is 6.16. The monoisotopic (exact) mass is 318 g/mol. The summed E-state index contributed by atoms with van der Waals surface area (Å²) in [5.74, 6) is 0. The zero-order valence-corrected chi connectivity index (χ0v) is 13.9. The van der Waals surface area contributed by atoms with E-state index in [2.05, 4.69) is 0 Å². The molecule has 1 N–H and O–H groups in total. The van der Waals surface area contributed by atoms with Gasteiger partial charge in [-0.15, -0.1) is 0 Å². The highest BCUT2D eigenvalue weighted by Gasteiger charge is 2.50. The van der Waals surface area contributed by atoms with Crippen molar-refractivity contribution in [3.8, 4) is 0 Å². The van der Waals surface area contributed by atoms with Crippen LogP contribution in [-0.4, -0.2) is 17.1 Å². The van der Waals surface area contributed by atoms with Crippen LogP contribution in [0.3, 0.4) is 0 Å². The molecule has 0 spiro atoms. The van der Waals surface area contributed by atoms with E-state index in [-0.39, 0.29) is 0 Å². The number of fused-ring (bicyclic) bond motifs is 1. The Morgan fingerprint density at radius 2 is 1.77 bits per heavy atom. The largest absolute Gasteiger partial charge is 0.379 e. The topological polar surface area (TPSA) is 46.5 Å². The predicted octanol–water partition coefficient (Wildman–Crippen LogP) is 4.43. The van der Waals surface area contributed by atoms with Crippen LogP contribution < -0.4 is 5.30 Å². The molecule has 0 radical (unpaired) electrons. The van der Waals surface area contributed by atoms with Gasteiger partial charge in [-0.3, -0.25) is 4.57 Å². The normalized spacial score (nSPS) is 20.6. The zero-order chi connectivity index (χ0) is 15.6. The minimum atomic E-state index is -3.35. The molecule has 2 aromatic rings. The Morgan fingerprint density at radius 3 is 2.50 bits per heavy atom. The second-order valence-electron chi connectivity index (χ2n) is 6.01. The predicted molar refractivity (Wildman–Crippen MR) is 90.8 cm³/mol. The van der Waals surface area contributed by atoms with Gasteiger partial charge in [0.05, 0.1) is 6.61 Å². The zero-order valence-electron chi connectivity index (χ0n) is 13.0. The van der Waals surface area contributed by atoms with Crippen molar-refractivity contribution >= 4 is 23.4 Å². The van der Waals surface area contributed by atoms with Crippen molar-refractivity contribution in [2.24, 2.45) is 0 Å². The van der Waals surface area contributed by atoms with E-state index in [9.17, 15) is 9.67 Å². The molecule has 2 aromatic carbocycles. The highest BCUT2D eigenvalue weighted by atomic mass is 31.2. The summed E-state index contributed by atoms with van der Waals surface area (Å²) in [7, 11) is -3.35. The van der Waals surface area contributed by atoms with Crippen LogP contribution in [0.5, 0.6) is 0 Å². The van der Waals surface area contributed by atoms with E-state index in [0.29, 0.717) is 24.8 Å². The first-order chi connectivity index (χ1) is 10.6. The molecular weight excluding hydrogens is 295 g/mol. The minimum Gasteiger partial charge on any atom is -0.379 e. The summed E-state index contributed by atoms with van der Waals surface area (Å²) in [4.78, 5) is 0. The van der Waals surface area contributed by atoms with Gasteiger partial charge < -0.3 is 9.63 Å². The van der Waals surface area contributed by atoms with Gasteiger partial charge in [-0.05, 0) is 49.4 Å². The third-order valence-electron chi connectivity index (χ3n) is 4.60. The molecule has 118 valence electrons. The van der Waals surface area contributed by atoms with Crippen LogP contribution in [-0.2, 0) is 9.09 Å². The van der Waals surface area contributed by atoms with Crippen molar-refractivity contribution in [3.63, 3.8) is 0 Å². The van der Waals surface area contributed by atoms with Gasteiger partial charge in [-0.2, -0.15) is 0 Å². The lowest BCUT2D eigenvalue weighted by atomic mass is 9.97. The lowest BCUT2D eigenvalue weighted by Gasteiger charge is -2.38. The van der Waals surface area contributed by atoms with Gasteiger partial charge in [0.15, 0.2) is 0 Å². The molecule has 0 saturated heterocycles. The molecule has 1 aliphatic carbocycles. The summed E-state index contributed by atoms with van der Waals surface area (Å²) in [6.45, 7) is 2.17. The summed E-state index contributed by atoms with van der Waals surface area (Å²) in [6, 6.07) is 13.6. The van der Waals surface area contributed by atoms with Crippen LogP contribution in [0, 0.1) is 0 Å². The van der Waals surface area contributed by atoms with E-state index in [1.807, 2.05) is 49.4 Å². The van der Waals surface area contributed by atoms with Gasteiger partial charge in [-0.1, -0.05) is 42.8 Å². The van der Waals surface area contributed by atoms with Gasteiger partial charge in [0.1, 0.15) is 5.34 Å². The Labute approximate surface area is 131 Å². The van der Waals surface area contributed by atoms with E-state index in [1.165, 1.54) is 0 Å². The van der Waals surface area contributed by atoms with Gasteiger partial charge >= 0.3 is 0 Å². The first-order valence-electron chi connectivity index (χ1n) is 8.06. The van der Waals surface area contributed by atoms with Gasteiger partial charge in [0, 0.05) is 5.30 Å². The standard InChI is InChI=1S/C18H23O3P/c1-2-21-22(20,18(19)13-6-3-7-14-18)17-12-8-10-15-9-4-5-11-16(15)17/h4-5,8-12,19H,2-3,6-7,13-14H2,1H3/t22-/m1/s1. The third kappa shape index (κ3) is 2.52. The van der Waals surface area contributed by atoms with E-state index < -0.39 is 12.7 Å². The maximum atomic E-state index is 13.8. The molecule has 1 aliphatic rings. The quantitative estimate of drug-likeness (QED) is 0.848. The van der Waals surface area contributed by atoms with Crippen molar-refractivity contribution in [1.82, 2.24) is 0 Å². The van der Waals surface area contributed by atoms with Crippen LogP contribution in [0.25, 0.3) is 10.8 Å². The first-order valence-corrected chi connectivity index (χ1v) is 9.68. The van der Waals surface area contributed by atoms with Crippen molar-refractivity contribution in [3.05, 3.63) is 42.5 Å². The Balaban J connectivity index is 2.19. The second-order valence-corrected chi connectivity index (χ2v) is 8.69. The van der Waals surface area contributed by atoms with Gasteiger partial charge in [0.2, 0.25) is 0 Å². The molecule has 0 bridgehead atoms. The van der Waals surface area contributed by atoms with Crippen molar-refractivity contribution in [1.29, 1.82) is 0 Å². The highest BCUT2D eigenvalue weighted by Crippen LogP contribution is 2.62. The molecule has 0 aliphatic heterocycles. The maximum absolute atomic E-state index is 13.8. The van der Waals surface area contributed by atoms with Gasteiger partial charge in [-0.25, -0.2) is 0 Å². The summed E-state index contributed by atoms with van der Waals surface area (Å²) in [5.41, 5.74) is 0. The van der Waals surface area contributed by atoms with Crippen LogP contribution >= 0.6 is 7.37 Å². The van der Waals surface area contributed by atoms with Crippen LogP contribution in [0.15, 0.2) is 42.5 Å². The van der Waals surface area contributed by atoms with E-state index in [4.69, 9.17) is 4.52 Å². The molecule has 0 unspecified atom stereocenters. The SMILES string of the molecule is CCO[P@](=O)(c1cccc2ccccc12)C1(O)CCCCC1. The Morgan fingerprint density at radius 1 is 1.09 bits per heavy atom. The fraction of sp³-hybridized carbons (Fsp3) is 0.444. The maximum Gasteiger partial charge on any atom is 0.263 e. The lowest BCUT2D eigenvalue weighted by molar-refractivity contribution is 0.0664. The highest BCUT2D eigenvalue weighted by molar-refractivity contribution is 7.68. The molecular formula is C18H23O3P. The molecule has 0 aromatic heterocycles. The van der Waals surface area contributed by atoms with E-state index >= 15 is 0 Å². The van der Waals surface area contributed by atoms with Crippen molar-refractivity contribution in [2.75, 3.05) is 6.61 Å². The summed E-state index contributed by atoms with van der Waals surface area (Å²) < 4.78 is 19.6. The number of rotatable bonds is 4. The van der Waals surface area contributed by atoms with Crippen molar-refractivity contribution in [2.45, 2.75) is 44.4 Å². The molecule has 3 nitrogen and oxygen atoms in total. The Bertz CT molecular complexity index is 699. The fourth-order valence-electron chi connectivity index (χ4n) is 3.47. The van der Waals surface area contributed by atoms with E-state index in [1.54, 1.807) is 0 Å². The Kier molecular flexibility index (Phi) is 4.40. The molecule has 22 heavy (non-hydrogen) atoms. The summed E-state index contributed by atoms with van der Waals surface area (Å²) in [6.07, 6.45) is 3.99. The number of hydrogen-bond acceptors (Lipinski definition) is 3. The van der Waals surface area contributed by atoms with E-state index in [0.717, 1.165) is 30.0 Å². The summed E-state index contributed by atoms with van der Waals surface area (Å²) >= 11 is 0. The molecule has 4 heteroatoms. The molecule has 1 atom stereocenters. The summed E-state index contributed by atoms with van der Waals surface area (Å²) in [5, 5.41) is 12.5. The van der Waals surface area contributed by atoms with Crippen LogP contribution in [0.2, 0.25) is 0 Å². The average molecular weight is 318 g/mol. The molecule has 3 rings (SSSR count). The lowest BCUT2D eigenvalue weighted by Crippen LogP contribution is -2.36. The molecule has 0 amide bonds. The van der Waals surface area contributed by atoms with Crippen molar-refractivity contribution < 1.29 is 14.2 Å². The first kappa shape index (κ1) is 15.7. The molecule has 1 saturated carbocycles. The van der Waals surface area contributed by atoms with Gasteiger partial charge in [0.25, 0.3) is 7.37 Å².